The molecule has 15 heavy (non-hydrogen) atoms. The fraction of sp³-hybridized carbons (Fsp3) is 0.700. The maximum Gasteiger partial charge on any atom is 0.248 e. The predicted octanol–water partition coefficient (Wildman–Crippen LogP) is 0.154. The molecule has 1 aliphatic heterocycles. The molecule has 0 aliphatic carbocycles. The molecule has 1 heterocycles. The Morgan fingerprint density at radius 1 is 1.40 bits per heavy atom. The van der Waals surface area contributed by atoms with Crippen LogP contribution in [0.2, 0.25) is 0 Å². The van der Waals surface area contributed by atoms with Crippen LogP contribution in [0.1, 0.15) is 25.7 Å². The highest BCUT2D eigenvalue weighted by molar-refractivity contribution is 5.90. The number of nitrogens with zero attached hydrogens (tertiary/aromatic N) is 1. The van der Waals surface area contributed by atoms with Crippen molar-refractivity contribution in [1.29, 1.82) is 0 Å². The number of nitrogens with two attached hydrogens (primary N) is 1. The van der Waals surface area contributed by atoms with Crippen molar-refractivity contribution < 1.29 is 14.7 Å². The summed E-state index contributed by atoms with van der Waals surface area (Å²) in [5.41, 5.74) is 0. The minimum absolute atomic E-state index is 0.104. The van der Waals surface area contributed by atoms with Gasteiger partial charge in [-0.1, -0.05) is 12.8 Å². The van der Waals surface area contributed by atoms with Crippen molar-refractivity contribution in [2.45, 2.75) is 31.9 Å². The molecule has 0 spiro atoms. The first kappa shape index (κ1) is 12.2. The van der Waals surface area contributed by atoms with Crippen molar-refractivity contribution in [3.8, 4) is 0 Å². The summed E-state index contributed by atoms with van der Waals surface area (Å²) in [4.78, 5) is 17.1. The molecule has 1 rings (SSSR count). The van der Waals surface area contributed by atoms with Crippen molar-refractivity contribution in [3.63, 3.8) is 0 Å². The molecule has 1 amide bonds. The molecule has 5 heteroatoms. The lowest BCUT2D eigenvalue weighted by Gasteiger charge is -2.19. The maximum absolute atomic E-state index is 11.2. The first-order valence-electron chi connectivity index (χ1n) is 5.24. The highest BCUT2D eigenvalue weighted by Gasteiger charge is 2.22. The van der Waals surface area contributed by atoms with E-state index in [2.05, 4.69) is 4.84 Å². The van der Waals surface area contributed by atoms with Crippen molar-refractivity contribution in [1.82, 2.24) is 4.90 Å². The Bertz CT molecular complexity index is 231. The van der Waals surface area contributed by atoms with Gasteiger partial charge in [0.05, 0.1) is 6.61 Å². The van der Waals surface area contributed by atoms with E-state index >= 15 is 0 Å². The quantitative estimate of drug-likeness (QED) is 0.467. The summed E-state index contributed by atoms with van der Waals surface area (Å²) in [7, 11) is 0. The van der Waals surface area contributed by atoms with Gasteiger partial charge in [-0.05, 0) is 18.9 Å². The Kier molecular flexibility index (Phi) is 5.31. The normalized spacial score (nSPS) is 20.3. The average molecular weight is 214 g/mol. The van der Waals surface area contributed by atoms with Crippen LogP contribution < -0.4 is 5.90 Å². The molecule has 0 bridgehead atoms. The third-order valence-electron chi connectivity index (χ3n) is 2.42. The number of carbonyl (C=O) groups is 1. The van der Waals surface area contributed by atoms with Crippen molar-refractivity contribution >= 4 is 5.91 Å². The molecule has 0 radical (unpaired) electrons. The predicted molar refractivity (Wildman–Crippen MR) is 55.5 cm³/mol. The van der Waals surface area contributed by atoms with Gasteiger partial charge in [-0.3, -0.25) is 4.79 Å². The Morgan fingerprint density at radius 3 is 2.73 bits per heavy atom. The summed E-state index contributed by atoms with van der Waals surface area (Å²) < 4.78 is 0. The van der Waals surface area contributed by atoms with Crippen LogP contribution in [-0.4, -0.2) is 35.3 Å². The van der Waals surface area contributed by atoms with Gasteiger partial charge < -0.3 is 14.8 Å². The number of rotatable bonds is 7. The number of hydrogen-bond donors (Lipinski definition) is 2. The van der Waals surface area contributed by atoms with Gasteiger partial charge in [0.25, 0.3) is 0 Å². The van der Waals surface area contributed by atoms with Crippen LogP contribution >= 0.6 is 0 Å². The Balaban J connectivity index is 2.03. The molecule has 3 N–H and O–H groups in total. The second kappa shape index (κ2) is 6.55. The topological polar surface area (TPSA) is 75.8 Å². The van der Waals surface area contributed by atoms with Crippen LogP contribution in [0.25, 0.3) is 0 Å². The molecule has 0 aromatic carbocycles. The SMILES string of the molecule is NOCCCCCCN1C(=O)C=CC1O. The summed E-state index contributed by atoms with van der Waals surface area (Å²) in [5, 5.41) is 9.38. The second-order valence-electron chi connectivity index (χ2n) is 3.59. The summed E-state index contributed by atoms with van der Waals surface area (Å²) in [5.74, 6) is 4.78. The Hall–Kier alpha value is -0.910. The fourth-order valence-corrected chi connectivity index (χ4v) is 1.56. The highest BCUT2D eigenvalue weighted by atomic mass is 16.6. The molecule has 0 fully saturated rings. The largest absolute Gasteiger partial charge is 0.370 e. The van der Waals surface area contributed by atoms with Gasteiger partial charge in [0.1, 0.15) is 6.23 Å². The van der Waals surface area contributed by atoms with Crippen LogP contribution in [0.5, 0.6) is 0 Å². The minimum atomic E-state index is -0.732. The molecular weight excluding hydrogens is 196 g/mol. The zero-order valence-corrected chi connectivity index (χ0v) is 8.76. The second-order valence-corrected chi connectivity index (χ2v) is 3.59. The van der Waals surface area contributed by atoms with E-state index in [0.29, 0.717) is 13.2 Å². The molecule has 0 aromatic heterocycles. The number of hydrogen-bond acceptors (Lipinski definition) is 4. The van der Waals surface area contributed by atoms with Gasteiger partial charge in [-0.25, -0.2) is 5.90 Å². The van der Waals surface area contributed by atoms with Gasteiger partial charge in [0, 0.05) is 12.6 Å². The lowest BCUT2D eigenvalue weighted by atomic mass is 10.2. The standard InChI is InChI=1S/C10H18N2O3/c11-15-8-4-2-1-3-7-12-9(13)5-6-10(12)14/h5-6,9,13H,1-4,7-8,11H2. The number of aliphatic hydroxyl groups is 1. The van der Waals surface area contributed by atoms with Gasteiger partial charge in [-0.2, -0.15) is 0 Å². The average Bonchev–Trinajstić information content (AvgIpc) is 2.54. The lowest BCUT2D eigenvalue weighted by molar-refractivity contribution is -0.130. The monoisotopic (exact) mass is 214 g/mol. The Labute approximate surface area is 89.5 Å². The summed E-state index contributed by atoms with van der Waals surface area (Å²) in [6.45, 7) is 1.18. The third-order valence-corrected chi connectivity index (χ3v) is 2.42. The van der Waals surface area contributed by atoms with Crippen LogP contribution in [0.4, 0.5) is 0 Å². The number of amides is 1. The maximum atomic E-state index is 11.2. The Morgan fingerprint density at radius 2 is 2.13 bits per heavy atom. The fourth-order valence-electron chi connectivity index (χ4n) is 1.56. The van der Waals surface area contributed by atoms with E-state index in [-0.39, 0.29) is 5.91 Å². The highest BCUT2D eigenvalue weighted by Crippen LogP contribution is 2.10. The molecular formula is C10H18N2O3. The van der Waals surface area contributed by atoms with E-state index in [4.69, 9.17) is 5.90 Å². The van der Waals surface area contributed by atoms with E-state index in [1.54, 1.807) is 0 Å². The molecule has 0 aromatic rings. The summed E-state index contributed by atoms with van der Waals surface area (Å²) in [6, 6.07) is 0. The van der Waals surface area contributed by atoms with E-state index in [0.717, 1.165) is 25.7 Å². The van der Waals surface area contributed by atoms with Gasteiger partial charge in [-0.15, -0.1) is 0 Å². The molecule has 0 saturated carbocycles. The molecule has 5 nitrogen and oxygen atoms in total. The number of aliphatic hydroxyl groups excluding tert-OH is 1. The lowest BCUT2D eigenvalue weighted by Crippen LogP contribution is -2.34. The number of carbonyl (C=O) groups excluding carboxylic acids is 1. The van der Waals surface area contributed by atoms with Crippen LogP contribution in [0, 0.1) is 0 Å². The van der Waals surface area contributed by atoms with Gasteiger partial charge in [0.15, 0.2) is 0 Å². The first-order valence-corrected chi connectivity index (χ1v) is 5.24. The van der Waals surface area contributed by atoms with Crippen molar-refractivity contribution in [3.05, 3.63) is 12.2 Å². The van der Waals surface area contributed by atoms with Crippen LogP contribution in [-0.2, 0) is 9.63 Å². The van der Waals surface area contributed by atoms with E-state index < -0.39 is 6.23 Å². The van der Waals surface area contributed by atoms with Gasteiger partial charge >= 0.3 is 0 Å². The molecule has 1 aliphatic rings. The zero-order valence-electron chi connectivity index (χ0n) is 8.76. The molecule has 1 atom stereocenters. The first-order chi connectivity index (χ1) is 7.25. The summed E-state index contributed by atoms with van der Waals surface area (Å²) in [6.07, 6.45) is 6.06. The van der Waals surface area contributed by atoms with Crippen LogP contribution in [0.3, 0.4) is 0 Å². The molecule has 1 unspecified atom stereocenters. The summed E-state index contributed by atoms with van der Waals surface area (Å²) >= 11 is 0. The van der Waals surface area contributed by atoms with E-state index in [9.17, 15) is 9.90 Å². The number of unbranched alkanes of at least 4 members (excludes halogenated alkanes) is 3. The minimum Gasteiger partial charge on any atom is -0.370 e. The molecule has 86 valence electrons. The zero-order chi connectivity index (χ0) is 11.1. The molecule has 0 saturated heterocycles. The van der Waals surface area contributed by atoms with Crippen LogP contribution in [0.15, 0.2) is 12.2 Å². The van der Waals surface area contributed by atoms with Gasteiger partial charge in [0.2, 0.25) is 5.91 Å². The smallest absolute Gasteiger partial charge is 0.248 e. The van der Waals surface area contributed by atoms with Crippen molar-refractivity contribution in [2.75, 3.05) is 13.2 Å². The van der Waals surface area contributed by atoms with Crippen molar-refractivity contribution in [2.24, 2.45) is 5.90 Å². The van der Waals surface area contributed by atoms with E-state index in [1.165, 1.54) is 17.1 Å². The van der Waals surface area contributed by atoms with E-state index in [1.807, 2.05) is 0 Å². The third kappa shape index (κ3) is 3.99.